The number of ether oxygens (including phenoxy) is 1. The second-order valence-electron chi connectivity index (χ2n) is 6.42. The Balaban J connectivity index is 1.57. The lowest BCUT2D eigenvalue weighted by molar-refractivity contribution is 0.0635. The van der Waals surface area contributed by atoms with Gasteiger partial charge in [0, 0.05) is 13.1 Å². The number of rotatable bonds is 5. The summed E-state index contributed by atoms with van der Waals surface area (Å²) in [6.45, 7) is 3.40. The Kier molecular flexibility index (Phi) is 5.18. The molecule has 2 aromatic rings. The van der Waals surface area contributed by atoms with E-state index < -0.39 is 0 Å². The first-order chi connectivity index (χ1) is 11.7. The molecule has 0 unspecified atom stereocenters. The van der Waals surface area contributed by atoms with Crippen LogP contribution in [-0.4, -0.2) is 36.0 Å². The van der Waals surface area contributed by atoms with Crippen LogP contribution in [0, 0.1) is 12.8 Å². The summed E-state index contributed by atoms with van der Waals surface area (Å²) in [4.78, 5) is 18.5. The van der Waals surface area contributed by atoms with E-state index in [0.717, 1.165) is 38.1 Å². The van der Waals surface area contributed by atoms with Gasteiger partial charge in [-0.05, 0) is 56.2 Å². The van der Waals surface area contributed by atoms with Crippen LogP contribution >= 0.6 is 0 Å². The standard InChI is InChI=1S/C19H24N2O3/c1-14-18(24-13-20-14)19(22)21-10-4-6-16(12-21)9-8-15-5-3-7-17(11-15)23-2/h3,5,7,11,13,16H,4,6,8-10,12H2,1-2H3/t16-/m0/s1. The van der Waals surface area contributed by atoms with Crippen molar-refractivity contribution in [3.63, 3.8) is 0 Å². The number of carbonyl (C=O) groups is 1. The van der Waals surface area contributed by atoms with E-state index in [1.54, 1.807) is 14.0 Å². The van der Waals surface area contributed by atoms with Gasteiger partial charge in [-0.15, -0.1) is 0 Å². The monoisotopic (exact) mass is 328 g/mol. The maximum absolute atomic E-state index is 12.6. The summed E-state index contributed by atoms with van der Waals surface area (Å²) in [5.41, 5.74) is 1.95. The molecular formula is C19H24N2O3. The number of likely N-dealkylation sites (tertiary alicyclic amines) is 1. The molecule has 1 aliphatic heterocycles. The summed E-state index contributed by atoms with van der Waals surface area (Å²) >= 11 is 0. The number of hydrogen-bond donors (Lipinski definition) is 0. The number of aryl methyl sites for hydroxylation is 2. The lowest BCUT2D eigenvalue weighted by Gasteiger charge is -2.32. The van der Waals surface area contributed by atoms with Crippen molar-refractivity contribution in [1.82, 2.24) is 9.88 Å². The smallest absolute Gasteiger partial charge is 0.291 e. The minimum Gasteiger partial charge on any atom is -0.497 e. The Labute approximate surface area is 142 Å². The number of carbonyl (C=O) groups excluding carboxylic acids is 1. The average molecular weight is 328 g/mol. The third-order valence-corrected chi connectivity index (χ3v) is 4.72. The fraction of sp³-hybridized carbons (Fsp3) is 0.474. The SMILES string of the molecule is COc1cccc(CC[C@@H]2CCCN(C(=O)c3ocnc3C)C2)c1. The molecule has 0 saturated carbocycles. The summed E-state index contributed by atoms with van der Waals surface area (Å²) in [6, 6.07) is 8.21. The van der Waals surface area contributed by atoms with Crippen LogP contribution in [0.15, 0.2) is 35.1 Å². The average Bonchev–Trinajstić information content (AvgIpc) is 3.05. The van der Waals surface area contributed by atoms with E-state index in [0.29, 0.717) is 17.4 Å². The van der Waals surface area contributed by atoms with Gasteiger partial charge in [-0.2, -0.15) is 0 Å². The van der Waals surface area contributed by atoms with Gasteiger partial charge in [0.25, 0.3) is 5.91 Å². The first kappa shape index (κ1) is 16.6. The maximum atomic E-state index is 12.6. The van der Waals surface area contributed by atoms with Crippen LogP contribution in [-0.2, 0) is 6.42 Å². The molecular weight excluding hydrogens is 304 g/mol. The Morgan fingerprint density at radius 1 is 1.46 bits per heavy atom. The maximum Gasteiger partial charge on any atom is 0.291 e. The molecule has 1 saturated heterocycles. The van der Waals surface area contributed by atoms with Crippen molar-refractivity contribution < 1.29 is 13.9 Å². The van der Waals surface area contributed by atoms with E-state index in [2.05, 4.69) is 17.1 Å². The van der Waals surface area contributed by atoms with Crippen molar-refractivity contribution in [2.24, 2.45) is 5.92 Å². The van der Waals surface area contributed by atoms with Gasteiger partial charge in [-0.25, -0.2) is 4.98 Å². The predicted octanol–water partition coefficient (Wildman–Crippen LogP) is 3.48. The Bertz CT molecular complexity index is 695. The van der Waals surface area contributed by atoms with Crippen LogP contribution in [0.3, 0.4) is 0 Å². The first-order valence-corrected chi connectivity index (χ1v) is 8.49. The number of methoxy groups -OCH3 is 1. The van der Waals surface area contributed by atoms with Crippen molar-refractivity contribution in [3.8, 4) is 5.75 Å². The number of nitrogens with zero attached hydrogens (tertiary/aromatic N) is 2. The summed E-state index contributed by atoms with van der Waals surface area (Å²) in [7, 11) is 1.69. The fourth-order valence-electron chi connectivity index (χ4n) is 3.33. The van der Waals surface area contributed by atoms with Gasteiger partial charge in [0.2, 0.25) is 5.76 Å². The first-order valence-electron chi connectivity index (χ1n) is 8.49. The molecule has 1 amide bonds. The molecule has 0 bridgehead atoms. The minimum absolute atomic E-state index is 0.0314. The molecule has 5 nitrogen and oxygen atoms in total. The van der Waals surface area contributed by atoms with Crippen LogP contribution in [0.2, 0.25) is 0 Å². The van der Waals surface area contributed by atoms with Crippen LogP contribution < -0.4 is 4.74 Å². The normalized spacial score (nSPS) is 17.8. The van der Waals surface area contributed by atoms with Crippen molar-refractivity contribution in [1.29, 1.82) is 0 Å². The largest absolute Gasteiger partial charge is 0.497 e. The van der Waals surface area contributed by atoms with E-state index in [1.807, 2.05) is 17.0 Å². The van der Waals surface area contributed by atoms with Crippen molar-refractivity contribution >= 4 is 5.91 Å². The molecule has 1 aliphatic rings. The zero-order valence-corrected chi connectivity index (χ0v) is 14.3. The zero-order chi connectivity index (χ0) is 16.9. The number of benzene rings is 1. The van der Waals surface area contributed by atoms with E-state index >= 15 is 0 Å². The summed E-state index contributed by atoms with van der Waals surface area (Å²) in [5, 5.41) is 0. The van der Waals surface area contributed by atoms with Crippen molar-refractivity contribution in [2.75, 3.05) is 20.2 Å². The molecule has 128 valence electrons. The van der Waals surface area contributed by atoms with E-state index in [1.165, 1.54) is 18.4 Å². The van der Waals surface area contributed by atoms with Crippen LogP contribution in [0.5, 0.6) is 5.75 Å². The van der Waals surface area contributed by atoms with Gasteiger partial charge in [0.15, 0.2) is 6.39 Å². The topological polar surface area (TPSA) is 55.6 Å². The van der Waals surface area contributed by atoms with Gasteiger partial charge < -0.3 is 14.1 Å². The highest BCUT2D eigenvalue weighted by Crippen LogP contribution is 2.24. The van der Waals surface area contributed by atoms with Gasteiger partial charge in [-0.3, -0.25) is 4.79 Å². The van der Waals surface area contributed by atoms with Gasteiger partial charge >= 0.3 is 0 Å². The number of hydrogen-bond acceptors (Lipinski definition) is 4. The number of aromatic nitrogens is 1. The minimum atomic E-state index is -0.0314. The lowest BCUT2D eigenvalue weighted by atomic mass is 9.91. The van der Waals surface area contributed by atoms with E-state index in [4.69, 9.17) is 9.15 Å². The van der Waals surface area contributed by atoms with Crippen molar-refractivity contribution in [2.45, 2.75) is 32.6 Å². The summed E-state index contributed by atoms with van der Waals surface area (Å²) in [5.74, 6) is 1.77. The quantitative estimate of drug-likeness (QED) is 0.843. The summed E-state index contributed by atoms with van der Waals surface area (Å²) in [6.07, 6.45) is 5.63. The van der Waals surface area contributed by atoms with Crippen LogP contribution in [0.25, 0.3) is 0 Å². The predicted molar refractivity (Wildman–Crippen MR) is 91.2 cm³/mol. The van der Waals surface area contributed by atoms with E-state index in [-0.39, 0.29) is 5.91 Å². The summed E-state index contributed by atoms with van der Waals surface area (Å²) < 4.78 is 10.5. The molecule has 0 radical (unpaired) electrons. The molecule has 3 rings (SSSR count). The fourth-order valence-corrected chi connectivity index (χ4v) is 3.33. The van der Waals surface area contributed by atoms with Gasteiger partial charge in [-0.1, -0.05) is 12.1 Å². The molecule has 24 heavy (non-hydrogen) atoms. The Hall–Kier alpha value is -2.30. The molecule has 1 fully saturated rings. The number of oxazole rings is 1. The highest BCUT2D eigenvalue weighted by Gasteiger charge is 2.27. The highest BCUT2D eigenvalue weighted by molar-refractivity contribution is 5.92. The lowest BCUT2D eigenvalue weighted by Crippen LogP contribution is -2.40. The Morgan fingerprint density at radius 3 is 3.08 bits per heavy atom. The molecule has 1 aromatic carbocycles. The number of amides is 1. The number of piperidine rings is 1. The molecule has 0 N–H and O–H groups in total. The molecule has 2 heterocycles. The Morgan fingerprint density at radius 2 is 2.33 bits per heavy atom. The molecule has 0 spiro atoms. The molecule has 5 heteroatoms. The highest BCUT2D eigenvalue weighted by atomic mass is 16.5. The second kappa shape index (κ2) is 7.51. The third-order valence-electron chi connectivity index (χ3n) is 4.72. The second-order valence-corrected chi connectivity index (χ2v) is 6.42. The molecule has 1 atom stereocenters. The zero-order valence-electron chi connectivity index (χ0n) is 14.3. The van der Waals surface area contributed by atoms with E-state index in [9.17, 15) is 4.79 Å². The van der Waals surface area contributed by atoms with Crippen molar-refractivity contribution in [3.05, 3.63) is 47.7 Å². The molecule has 0 aliphatic carbocycles. The third kappa shape index (κ3) is 3.78. The van der Waals surface area contributed by atoms with Gasteiger partial charge in [0.1, 0.15) is 5.75 Å². The van der Waals surface area contributed by atoms with Gasteiger partial charge in [0.05, 0.1) is 12.8 Å². The van der Waals surface area contributed by atoms with Crippen LogP contribution in [0.1, 0.15) is 41.1 Å². The van der Waals surface area contributed by atoms with Crippen LogP contribution in [0.4, 0.5) is 0 Å². The molecule has 1 aromatic heterocycles.